The van der Waals surface area contributed by atoms with E-state index < -0.39 is 4.92 Å². The average molecular weight is 223 g/mol. The number of aromatic hydroxyl groups is 1. The highest BCUT2D eigenvalue weighted by atomic mass is 16.6. The van der Waals surface area contributed by atoms with E-state index in [9.17, 15) is 15.2 Å². The molecule has 0 unspecified atom stereocenters. The second kappa shape index (κ2) is 4.49. The summed E-state index contributed by atoms with van der Waals surface area (Å²) in [5.41, 5.74) is 0.691. The predicted octanol–water partition coefficient (Wildman–Crippen LogP) is 2.19. The SMILES string of the molecule is O=[N+]([O-])c1cc(C2CCOCC2)ccc1O. The molecule has 2 rings (SSSR count). The Hall–Kier alpha value is -1.62. The number of nitro groups is 1. The first-order valence-corrected chi connectivity index (χ1v) is 5.23. The fourth-order valence-corrected chi connectivity index (χ4v) is 1.97. The summed E-state index contributed by atoms with van der Waals surface area (Å²) in [7, 11) is 0. The van der Waals surface area contributed by atoms with E-state index in [0.717, 1.165) is 18.4 Å². The molecule has 1 aromatic carbocycles. The Kier molecular flexibility index (Phi) is 3.05. The fourth-order valence-electron chi connectivity index (χ4n) is 1.97. The number of rotatable bonds is 2. The second-order valence-electron chi connectivity index (χ2n) is 3.89. The third kappa shape index (κ3) is 2.14. The number of phenols is 1. The van der Waals surface area contributed by atoms with Gasteiger partial charge in [-0.05, 0) is 30.4 Å². The Labute approximate surface area is 92.8 Å². The Balaban J connectivity index is 2.27. The maximum absolute atomic E-state index is 10.7. The molecule has 1 fully saturated rings. The lowest BCUT2D eigenvalue weighted by molar-refractivity contribution is -0.385. The molecular formula is C11H13NO4. The smallest absolute Gasteiger partial charge is 0.310 e. The topological polar surface area (TPSA) is 72.6 Å². The van der Waals surface area contributed by atoms with Crippen molar-refractivity contribution in [3.63, 3.8) is 0 Å². The van der Waals surface area contributed by atoms with Gasteiger partial charge in [-0.15, -0.1) is 0 Å². The summed E-state index contributed by atoms with van der Waals surface area (Å²) < 4.78 is 5.24. The Morgan fingerprint density at radius 2 is 2.06 bits per heavy atom. The number of ether oxygens (including phenoxy) is 1. The van der Waals surface area contributed by atoms with Crippen LogP contribution in [0.15, 0.2) is 18.2 Å². The molecule has 0 aromatic heterocycles. The van der Waals surface area contributed by atoms with Crippen LogP contribution in [-0.4, -0.2) is 23.2 Å². The molecule has 1 aromatic rings. The van der Waals surface area contributed by atoms with Crippen LogP contribution in [0.25, 0.3) is 0 Å². The molecule has 0 atom stereocenters. The lowest BCUT2D eigenvalue weighted by Gasteiger charge is -2.22. The number of hydrogen-bond acceptors (Lipinski definition) is 4. The van der Waals surface area contributed by atoms with E-state index in [4.69, 9.17) is 4.74 Å². The zero-order chi connectivity index (χ0) is 11.5. The molecule has 1 N–H and O–H groups in total. The number of nitrogens with zero attached hydrogens (tertiary/aromatic N) is 1. The van der Waals surface area contributed by atoms with Crippen LogP contribution in [0, 0.1) is 10.1 Å². The number of benzene rings is 1. The van der Waals surface area contributed by atoms with Crippen LogP contribution in [0.3, 0.4) is 0 Å². The first-order chi connectivity index (χ1) is 7.68. The lowest BCUT2D eigenvalue weighted by Crippen LogP contribution is -2.14. The van der Waals surface area contributed by atoms with E-state index in [1.54, 1.807) is 6.07 Å². The summed E-state index contributed by atoms with van der Waals surface area (Å²) in [6, 6.07) is 4.60. The van der Waals surface area contributed by atoms with E-state index in [-0.39, 0.29) is 11.4 Å². The minimum absolute atomic E-state index is 0.219. The summed E-state index contributed by atoms with van der Waals surface area (Å²) in [6.45, 7) is 1.39. The molecule has 0 saturated carbocycles. The van der Waals surface area contributed by atoms with Crippen molar-refractivity contribution in [1.82, 2.24) is 0 Å². The zero-order valence-corrected chi connectivity index (χ0v) is 8.76. The van der Waals surface area contributed by atoms with Crippen molar-refractivity contribution in [2.24, 2.45) is 0 Å². The Morgan fingerprint density at radius 1 is 1.38 bits per heavy atom. The lowest BCUT2D eigenvalue weighted by atomic mass is 9.91. The van der Waals surface area contributed by atoms with Gasteiger partial charge in [0.25, 0.3) is 0 Å². The Bertz CT molecular complexity index is 399. The normalized spacial score (nSPS) is 17.2. The van der Waals surface area contributed by atoms with Gasteiger partial charge in [0.15, 0.2) is 5.75 Å². The number of hydrogen-bond donors (Lipinski definition) is 1. The van der Waals surface area contributed by atoms with Crippen molar-refractivity contribution in [3.05, 3.63) is 33.9 Å². The van der Waals surface area contributed by atoms with E-state index in [1.807, 2.05) is 0 Å². The molecule has 5 heteroatoms. The van der Waals surface area contributed by atoms with Gasteiger partial charge < -0.3 is 9.84 Å². The fraction of sp³-hybridized carbons (Fsp3) is 0.455. The zero-order valence-electron chi connectivity index (χ0n) is 8.76. The quantitative estimate of drug-likeness (QED) is 0.616. The van der Waals surface area contributed by atoms with Crippen molar-refractivity contribution in [1.29, 1.82) is 0 Å². The second-order valence-corrected chi connectivity index (χ2v) is 3.89. The maximum Gasteiger partial charge on any atom is 0.310 e. The summed E-state index contributed by atoms with van der Waals surface area (Å²) in [5.74, 6) is 0.0221. The molecule has 1 aliphatic heterocycles. The minimum atomic E-state index is -0.557. The molecule has 16 heavy (non-hydrogen) atoms. The van der Waals surface area contributed by atoms with Gasteiger partial charge in [0.1, 0.15) is 0 Å². The number of nitro benzene ring substituents is 1. The van der Waals surface area contributed by atoms with Gasteiger partial charge in [0.2, 0.25) is 0 Å². The largest absolute Gasteiger partial charge is 0.502 e. The molecular weight excluding hydrogens is 210 g/mol. The summed E-state index contributed by atoms with van der Waals surface area (Å²) in [5, 5.41) is 20.0. The van der Waals surface area contributed by atoms with Gasteiger partial charge in [-0.1, -0.05) is 6.07 Å². The van der Waals surface area contributed by atoms with E-state index >= 15 is 0 Å². The van der Waals surface area contributed by atoms with Gasteiger partial charge in [0.05, 0.1) is 4.92 Å². The minimum Gasteiger partial charge on any atom is -0.502 e. The van der Waals surface area contributed by atoms with Crippen LogP contribution >= 0.6 is 0 Å². The van der Waals surface area contributed by atoms with Crippen LogP contribution in [0.2, 0.25) is 0 Å². The standard InChI is InChI=1S/C11H13NO4/c13-11-2-1-9(7-10(11)12(14)15)8-3-5-16-6-4-8/h1-2,7-8,13H,3-6H2. The first-order valence-electron chi connectivity index (χ1n) is 5.23. The highest BCUT2D eigenvalue weighted by molar-refractivity contribution is 5.48. The molecule has 0 radical (unpaired) electrons. The molecule has 0 bridgehead atoms. The highest BCUT2D eigenvalue weighted by Gasteiger charge is 2.20. The van der Waals surface area contributed by atoms with Crippen molar-refractivity contribution in [2.45, 2.75) is 18.8 Å². The molecule has 1 aliphatic rings. The third-order valence-electron chi connectivity index (χ3n) is 2.89. The van der Waals surface area contributed by atoms with Crippen LogP contribution in [0.5, 0.6) is 5.75 Å². The summed E-state index contributed by atoms with van der Waals surface area (Å²) in [6.07, 6.45) is 1.75. The number of phenolic OH excluding ortho intramolecular Hbond substituents is 1. The molecule has 5 nitrogen and oxygen atoms in total. The summed E-state index contributed by atoms with van der Waals surface area (Å²) in [4.78, 5) is 10.1. The van der Waals surface area contributed by atoms with Crippen molar-refractivity contribution in [3.8, 4) is 5.75 Å². The molecule has 0 spiro atoms. The third-order valence-corrected chi connectivity index (χ3v) is 2.89. The van der Waals surface area contributed by atoms with Gasteiger partial charge in [-0.25, -0.2) is 0 Å². The van der Waals surface area contributed by atoms with Crippen LogP contribution in [0.4, 0.5) is 5.69 Å². The van der Waals surface area contributed by atoms with Gasteiger partial charge in [0, 0.05) is 19.3 Å². The van der Waals surface area contributed by atoms with Crippen molar-refractivity contribution < 1.29 is 14.8 Å². The van der Waals surface area contributed by atoms with Crippen molar-refractivity contribution >= 4 is 5.69 Å². The van der Waals surface area contributed by atoms with Crippen LogP contribution < -0.4 is 0 Å². The van der Waals surface area contributed by atoms with E-state index in [1.165, 1.54) is 12.1 Å². The first kappa shape index (κ1) is 10.9. The summed E-state index contributed by atoms with van der Waals surface area (Å²) >= 11 is 0. The molecule has 0 aliphatic carbocycles. The average Bonchev–Trinajstić information content (AvgIpc) is 2.30. The highest BCUT2D eigenvalue weighted by Crippen LogP contribution is 2.33. The predicted molar refractivity (Wildman–Crippen MR) is 57.6 cm³/mol. The van der Waals surface area contributed by atoms with Gasteiger partial charge >= 0.3 is 5.69 Å². The van der Waals surface area contributed by atoms with Crippen molar-refractivity contribution in [2.75, 3.05) is 13.2 Å². The molecule has 1 saturated heterocycles. The maximum atomic E-state index is 10.7. The molecule has 86 valence electrons. The van der Waals surface area contributed by atoms with Crippen LogP contribution in [0.1, 0.15) is 24.3 Å². The van der Waals surface area contributed by atoms with Gasteiger partial charge in [-0.2, -0.15) is 0 Å². The molecule has 0 amide bonds. The molecule has 1 heterocycles. The van der Waals surface area contributed by atoms with Crippen LogP contribution in [-0.2, 0) is 4.74 Å². The van der Waals surface area contributed by atoms with E-state index in [2.05, 4.69) is 0 Å². The van der Waals surface area contributed by atoms with E-state index in [0.29, 0.717) is 19.1 Å². The monoisotopic (exact) mass is 223 g/mol. The Morgan fingerprint density at radius 3 is 2.69 bits per heavy atom. The van der Waals surface area contributed by atoms with Gasteiger partial charge in [-0.3, -0.25) is 10.1 Å².